The van der Waals surface area contributed by atoms with Gasteiger partial charge in [0.25, 0.3) is 0 Å². The molecule has 1 aromatic carbocycles. The highest BCUT2D eigenvalue weighted by Crippen LogP contribution is 2.30. The average Bonchev–Trinajstić information content (AvgIpc) is 2.40. The van der Waals surface area contributed by atoms with Gasteiger partial charge in [-0.25, -0.2) is 4.98 Å². The average molecular weight is 371 g/mol. The minimum absolute atomic E-state index is 0.827. The molecule has 1 heterocycles. The van der Waals surface area contributed by atoms with Gasteiger partial charge in [0, 0.05) is 33.4 Å². The summed E-state index contributed by atoms with van der Waals surface area (Å²) in [6.45, 7) is 3.02. The van der Waals surface area contributed by atoms with Crippen LogP contribution in [0.5, 0.6) is 0 Å². The molecule has 0 spiro atoms. The minimum Gasteiger partial charge on any atom is -0.368 e. The molecule has 0 aliphatic carbocycles. The number of nitrogens with one attached hydrogen (secondary N) is 1. The molecule has 2 rings (SSSR count). The van der Waals surface area contributed by atoms with E-state index in [2.05, 4.69) is 54.1 Å². The molecule has 1 N–H and O–H groups in total. The van der Waals surface area contributed by atoms with Crippen molar-refractivity contribution in [3.63, 3.8) is 0 Å². The molecule has 1 aromatic heterocycles. The lowest BCUT2D eigenvalue weighted by Crippen LogP contribution is -2.04. The first kappa shape index (κ1) is 13.5. The van der Waals surface area contributed by atoms with Crippen LogP contribution in [0.25, 0.3) is 11.3 Å². The summed E-state index contributed by atoms with van der Waals surface area (Å²) in [6, 6.07) is 6.05. The van der Waals surface area contributed by atoms with Crippen LogP contribution in [0.3, 0.4) is 0 Å². The second-order valence-corrected chi connectivity index (χ2v) is 5.52. The smallest absolute Gasteiger partial charge is 0.152 e. The molecule has 0 aliphatic rings. The standard InChI is InChI=1S/C13H13Br2N3/c1-2-5-17-13-12(16-6-7-18-13)9-3-4-10(14)11(15)8-9/h3-4,6-8H,2,5H2,1H3,(H,17,18). The second-order valence-electron chi connectivity index (χ2n) is 3.81. The van der Waals surface area contributed by atoms with Crippen molar-refractivity contribution in [2.75, 3.05) is 11.9 Å². The van der Waals surface area contributed by atoms with Crippen LogP contribution >= 0.6 is 31.9 Å². The van der Waals surface area contributed by atoms with Crippen LogP contribution < -0.4 is 5.32 Å². The van der Waals surface area contributed by atoms with Crippen molar-refractivity contribution >= 4 is 37.7 Å². The van der Waals surface area contributed by atoms with Gasteiger partial charge in [-0.15, -0.1) is 0 Å². The zero-order chi connectivity index (χ0) is 13.0. The van der Waals surface area contributed by atoms with Gasteiger partial charge >= 0.3 is 0 Å². The third-order valence-electron chi connectivity index (χ3n) is 2.43. The molecule has 18 heavy (non-hydrogen) atoms. The molecule has 5 heteroatoms. The molecule has 0 aliphatic heterocycles. The molecule has 0 saturated heterocycles. The number of hydrogen-bond donors (Lipinski definition) is 1. The van der Waals surface area contributed by atoms with Crippen LogP contribution in [0, 0.1) is 0 Å². The van der Waals surface area contributed by atoms with Gasteiger partial charge in [0.1, 0.15) is 5.69 Å². The van der Waals surface area contributed by atoms with Gasteiger partial charge in [0.2, 0.25) is 0 Å². The zero-order valence-electron chi connectivity index (χ0n) is 9.95. The summed E-state index contributed by atoms with van der Waals surface area (Å²) in [5, 5.41) is 3.29. The van der Waals surface area contributed by atoms with Gasteiger partial charge in [0.05, 0.1) is 0 Å². The van der Waals surface area contributed by atoms with Crippen molar-refractivity contribution in [2.45, 2.75) is 13.3 Å². The molecule has 0 unspecified atom stereocenters. The SMILES string of the molecule is CCCNc1nccnc1-c1ccc(Br)c(Br)c1. The molecule has 0 fully saturated rings. The van der Waals surface area contributed by atoms with E-state index in [1.54, 1.807) is 12.4 Å². The summed E-state index contributed by atoms with van der Waals surface area (Å²) in [5.41, 5.74) is 1.91. The summed E-state index contributed by atoms with van der Waals surface area (Å²) in [5.74, 6) is 0.827. The van der Waals surface area contributed by atoms with Gasteiger partial charge in [-0.3, -0.25) is 4.98 Å². The maximum absolute atomic E-state index is 4.41. The normalized spacial score (nSPS) is 10.4. The lowest BCUT2D eigenvalue weighted by Gasteiger charge is -2.09. The van der Waals surface area contributed by atoms with Crippen molar-refractivity contribution in [2.24, 2.45) is 0 Å². The van der Waals surface area contributed by atoms with E-state index in [-0.39, 0.29) is 0 Å². The van der Waals surface area contributed by atoms with E-state index in [1.807, 2.05) is 18.2 Å². The van der Waals surface area contributed by atoms with E-state index in [0.29, 0.717) is 0 Å². The third-order valence-corrected chi connectivity index (χ3v) is 4.31. The highest BCUT2D eigenvalue weighted by molar-refractivity contribution is 9.13. The summed E-state index contributed by atoms with van der Waals surface area (Å²) >= 11 is 6.97. The van der Waals surface area contributed by atoms with Gasteiger partial charge in [-0.1, -0.05) is 13.0 Å². The van der Waals surface area contributed by atoms with Crippen molar-refractivity contribution in [3.8, 4) is 11.3 Å². The Morgan fingerprint density at radius 3 is 2.61 bits per heavy atom. The molecule has 0 radical (unpaired) electrons. The zero-order valence-corrected chi connectivity index (χ0v) is 13.1. The number of nitrogens with zero attached hydrogens (tertiary/aromatic N) is 2. The fraction of sp³-hybridized carbons (Fsp3) is 0.231. The molecular weight excluding hydrogens is 358 g/mol. The predicted molar refractivity (Wildman–Crippen MR) is 81.6 cm³/mol. The number of aromatic nitrogens is 2. The van der Waals surface area contributed by atoms with Gasteiger partial charge in [-0.2, -0.15) is 0 Å². The Kier molecular flexibility index (Phi) is 4.72. The first-order valence-corrected chi connectivity index (χ1v) is 7.31. The lowest BCUT2D eigenvalue weighted by atomic mass is 10.1. The Hall–Kier alpha value is -0.940. The molecule has 94 valence electrons. The predicted octanol–water partition coefficient (Wildman–Crippen LogP) is 4.49. The topological polar surface area (TPSA) is 37.8 Å². The first-order valence-electron chi connectivity index (χ1n) is 5.72. The van der Waals surface area contributed by atoms with E-state index in [1.165, 1.54) is 0 Å². The van der Waals surface area contributed by atoms with Crippen LogP contribution in [-0.4, -0.2) is 16.5 Å². The van der Waals surface area contributed by atoms with Crippen molar-refractivity contribution in [1.29, 1.82) is 0 Å². The van der Waals surface area contributed by atoms with E-state index in [9.17, 15) is 0 Å². The monoisotopic (exact) mass is 369 g/mol. The van der Waals surface area contributed by atoms with E-state index in [4.69, 9.17) is 0 Å². The summed E-state index contributed by atoms with van der Waals surface area (Å²) < 4.78 is 2.03. The molecule has 0 bridgehead atoms. The number of hydrogen-bond acceptors (Lipinski definition) is 3. The number of halogens is 2. The van der Waals surface area contributed by atoms with Gasteiger partial charge in [-0.05, 0) is 50.4 Å². The maximum atomic E-state index is 4.41. The molecule has 0 saturated carbocycles. The third kappa shape index (κ3) is 3.09. The van der Waals surface area contributed by atoms with Crippen molar-refractivity contribution in [3.05, 3.63) is 39.5 Å². The first-order chi connectivity index (χ1) is 8.72. The fourth-order valence-electron chi connectivity index (χ4n) is 1.57. The molecular formula is C13H13Br2N3. The maximum Gasteiger partial charge on any atom is 0.152 e. The van der Waals surface area contributed by atoms with Gasteiger partial charge < -0.3 is 5.32 Å². The Morgan fingerprint density at radius 1 is 1.11 bits per heavy atom. The van der Waals surface area contributed by atoms with Gasteiger partial charge in [0.15, 0.2) is 5.82 Å². The van der Waals surface area contributed by atoms with Crippen LogP contribution in [0.15, 0.2) is 39.5 Å². The Morgan fingerprint density at radius 2 is 1.89 bits per heavy atom. The summed E-state index contributed by atoms with van der Waals surface area (Å²) in [4.78, 5) is 8.76. The van der Waals surface area contributed by atoms with Crippen molar-refractivity contribution < 1.29 is 0 Å². The molecule has 2 aromatic rings. The van der Waals surface area contributed by atoms with Crippen LogP contribution in [0.1, 0.15) is 13.3 Å². The number of rotatable bonds is 4. The Labute approximate surface area is 123 Å². The second kappa shape index (κ2) is 6.29. The minimum atomic E-state index is 0.827. The lowest BCUT2D eigenvalue weighted by molar-refractivity contribution is 0.966. The molecule has 3 nitrogen and oxygen atoms in total. The summed E-state index contributed by atoms with van der Waals surface area (Å²) in [7, 11) is 0. The van der Waals surface area contributed by atoms with Crippen LogP contribution in [0.4, 0.5) is 5.82 Å². The number of anilines is 1. The highest BCUT2D eigenvalue weighted by atomic mass is 79.9. The van der Waals surface area contributed by atoms with Crippen LogP contribution in [-0.2, 0) is 0 Å². The van der Waals surface area contributed by atoms with Crippen molar-refractivity contribution in [1.82, 2.24) is 9.97 Å². The van der Waals surface area contributed by atoms with E-state index >= 15 is 0 Å². The Balaban J connectivity index is 2.39. The highest BCUT2D eigenvalue weighted by Gasteiger charge is 2.08. The largest absolute Gasteiger partial charge is 0.368 e. The van der Waals surface area contributed by atoms with Crippen LogP contribution in [0.2, 0.25) is 0 Å². The fourth-order valence-corrected chi connectivity index (χ4v) is 2.19. The van der Waals surface area contributed by atoms with E-state index < -0.39 is 0 Å². The molecule has 0 atom stereocenters. The quantitative estimate of drug-likeness (QED) is 0.861. The van der Waals surface area contributed by atoms with E-state index in [0.717, 1.165) is 39.0 Å². The summed E-state index contributed by atoms with van der Waals surface area (Å²) in [6.07, 6.45) is 4.47. The number of benzene rings is 1. The molecule has 0 amide bonds. The Bertz CT molecular complexity index is 544.